The van der Waals surface area contributed by atoms with Crippen LogP contribution in [0.1, 0.15) is 25.3 Å². The Hall–Kier alpha value is -1.36. The van der Waals surface area contributed by atoms with Gasteiger partial charge in [0.2, 0.25) is 5.91 Å². The van der Waals surface area contributed by atoms with Crippen molar-refractivity contribution in [3.63, 3.8) is 0 Å². The Morgan fingerprint density at radius 2 is 2.33 bits per heavy atom. The largest absolute Gasteiger partial charge is 0.481 e. The maximum Gasteiger partial charge on any atom is 0.311 e. The molecule has 0 aromatic carbocycles. The molecule has 2 rings (SSSR count). The van der Waals surface area contributed by atoms with Gasteiger partial charge in [-0.15, -0.1) is 0 Å². The number of thiophene rings is 1. The maximum absolute atomic E-state index is 12.1. The Kier molecular flexibility index (Phi) is 3.71. The minimum absolute atomic E-state index is 0.0324. The number of carbonyl (C=O) groups excluding carboxylic acids is 1. The second kappa shape index (κ2) is 5.10. The Bertz CT molecular complexity index is 443. The molecule has 4 nitrogen and oxygen atoms in total. The standard InChI is InChI=1S/C13H17NO3S/c1-2-13(12(16)17)4-5-14(9-13)11(15)7-10-3-6-18-8-10/h3,6,8H,2,4-5,7,9H2,1H3,(H,16,17). The smallest absolute Gasteiger partial charge is 0.311 e. The first-order chi connectivity index (χ1) is 8.57. The van der Waals surface area contributed by atoms with Crippen molar-refractivity contribution in [1.29, 1.82) is 0 Å². The molecule has 0 aliphatic carbocycles. The molecule has 1 N–H and O–H groups in total. The van der Waals surface area contributed by atoms with Crippen LogP contribution in [0.2, 0.25) is 0 Å². The van der Waals surface area contributed by atoms with E-state index in [-0.39, 0.29) is 5.91 Å². The van der Waals surface area contributed by atoms with Gasteiger partial charge in [0.25, 0.3) is 0 Å². The Balaban J connectivity index is 2.00. The normalized spacial score (nSPS) is 23.3. The van der Waals surface area contributed by atoms with E-state index in [9.17, 15) is 14.7 Å². The van der Waals surface area contributed by atoms with Gasteiger partial charge >= 0.3 is 5.97 Å². The first-order valence-electron chi connectivity index (χ1n) is 6.09. The Morgan fingerprint density at radius 3 is 2.83 bits per heavy atom. The van der Waals surface area contributed by atoms with Crippen LogP contribution in [0.4, 0.5) is 0 Å². The van der Waals surface area contributed by atoms with Gasteiger partial charge in [-0.3, -0.25) is 9.59 Å². The van der Waals surface area contributed by atoms with Crippen molar-refractivity contribution < 1.29 is 14.7 Å². The molecule has 1 fully saturated rings. The van der Waals surface area contributed by atoms with Gasteiger partial charge in [-0.25, -0.2) is 0 Å². The van der Waals surface area contributed by atoms with Gasteiger partial charge < -0.3 is 10.0 Å². The molecule has 5 heteroatoms. The molecule has 1 aromatic heterocycles. The molecule has 1 atom stereocenters. The van der Waals surface area contributed by atoms with E-state index in [0.717, 1.165) is 5.56 Å². The van der Waals surface area contributed by atoms with E-state index >= 15 is 0 Å². The molecule has 1 unspecified atom stereocenters. The number of carboxylic acids is 1. The highest BCUT2D eigenvalue weighted by atomic mass is 32.1. The SMILES string of the molecule is CCC1(C(=O)O)CCN(C(=O)Cc2ccsc2)C1. The first kappa shape index (κ1) is 13.1. The Labute approximate surface area is 110 Å². The molecular formula is C13H17NO3S. The molecule has 0 bridgehead atoms. The van der Waals surface area contributed by atoms with Gasteiger partial charge in [-0.2, -0.15) is 11.3 Å². The summed E-state index contributed by atoms with van der Waals surface area (Å²) < 4.78 is 0. The van der Waals surface area contributed by atoms with Crippen molar-refractivity contribution in [1.82, 2.24) is 4.90 Å². The van der Waals surface area contributed by atoms with E-state index in [0.29, 0.717) is 32.4 Å². The van der Waals surface area contributed by atoms with Crippen LogP contribution in [0.25, 0.3) is 0 Å². The molecule has 1 aliphatic heterocycles. The molecule has 1 saturated heterocycles. The number of nitrogens with zero attached hydrogens (tertiary/aromatic N) is 1. The van der Waals surface area contributed by atoms with Crippen molar-refractivity contribution >= 4 is 23.2 Å². The van der Waals surface area contributed by atoms with Crippen LogP contribution in [0.15, 0.2) is 16.8 Å². The number of hydrogen-bond donors (Lipinski definition) is 1. The molecule has 98 valence electrons. The predicted molar refractivity (Wildman–Crippen MR) is 69.6 cm³/mol. The topological polar surface area (TPSA) is 57.6 Å². The molecule has 0 saturated carbocycles. The number of amides is 1. The van der Waals surface area contributed by atoms with Gasteiger partial charge in [-0.1, -0.05) is 6.92 Å². The third-order valence-corrected chi connectivity index (χ3v) is 4.50. The van der Waals surface area contributed by atoms with Gasteiger partial charge in [-0.05, 0) is 35.2 Å². The fourth-order valence-corrected chi connectivity index (χ4v) is 3.05. The second-order valence-electron chi connectivity index (χ2n) is 4.81. The predicted octanol–water partition coefficient (Wildman–Crippen LogP) is 2.00. The summed E-state index contributed by atoms with van der Waals surface area (Å²) in [6.45, 7) is 2.78. The van der Waals surface area contributed by atoms with Crippen LogP contribution in [-0.4, -0.2) is 35.0 Å². The van der Waals surface area contributed by atoms with Crippen molar-refractivity contribution in [2.24, 2.45) is 5.41 Å². The second-order valence-corrected chi connectivity index (χ2v) is 5.59. The van der Waals surface area contributed by atoms with Gasteiger partial charge in [0, 0.05) is 13.1 Å². The zero-order chi connectivity index (χ0) is 13.2. The van der Waals surface area contributed by atoms with Crippen LogP contribution in [0.5, 0.6) is 0 Å². The van der Waals surface area contributed by atoms with Gasteiger partial charge in [0.1, 0.15) is 0 Å². The molecule has 1 amide bonds. The summed E-state index contributed by atoms with van der Waals surface area (Å²) in [5.41, 5.74) is 0.277. The zero-order valence-corrected chi connectivity index (χ0v) is 11.2. The van der Waals surface area contributed by atoms with Gasteiger partial charge in [0.15, 0.2) is 0 Å². The number of rotatable bonds is 4. The monoisotopic (exact) mass is 267 g/mol. The molecule has 0 radical (unpaired) electrons. The third-order valence-electron chi connectivity index (χ3n) is 3.77. The van der Waals surface area contributed by atoms with E-state index in [2.05, 4.69) is 0 Å². The maximum atomic E-state index is 12.1. The molecule has 2 heterocycles. The van der Waals surface area contributed by atoms with E-state index < -0.39 is 11.4 Å². The van der Waals surface area contributed by atoms with Crippen LogP contribution in [0.3, 0.4) is 0 Å². The molecule has 1 aliphatic rings. The summed E-state index contributed by atoms with van der Waals surface area (Å²) in [5.74, 6) is -0.749. The quantitative estimate of drug-likeness (QED) is 0.907. The highest BCUT2D eigenvalue weighted by Gasteiger charge is 2.44. The number of likely N-dealkylation sites (tertiary alicyclic amines) is 1. The highest BCUT2D eigenvalue weighted by molar-refractivity contribution is 7.07. The average molecular weight is 267 g/mol. The van der Waals surface area contributed by atoms with Crippen molar-refractivity contribution in [3.05, 3.63) is 22.4 Å². The zero-order valence-electron chi connectivity index (χ0n) is 10.4. The minimum Gasteiger partial charge on any atom is -0.481 e. The fraction of sp³-hybridized carbons (Fsp3) is 0.538. The van der Waals surface area contributed by atoms with Crippen molar-refractivity contribution in [2.45, 2.75) is 26.2 Å². The number of hydrogen-bond acceptors (Lipinski definition) is 3. The summed E-state index contributed by atoms with van der Waals surface area (Å²) in [6.07, 6.45) is 1.52. The van der Waals surface area contributed by atoms with Crippen LogP contribution in [0, 0.1) is 5.41 Å². The summed E-state index contributed by atoms with van der Waals surface area (Å²) in [4.78, 5) is 25.1. The van der Waals surface area contributed by atoms with E-state index in [1.54, 1.807) is 16.2 Å². The van der Waals surface area contributed by atoms with Crippen LogP contribution < -0.4 is 0 Å². The van der Waals surface area contributed by atoms with E-state index in [1.807, 2.05) is 23.8 Å². The molecule has 1 aromatic rings. The highest BCUT2D eigenvalue weighted by Crippen LogP contribution is 2.34. The van der Waals surface area contributed by atoms with Crippen LogP contribution >= 0.6 is 11.3 Å². The Morgan fingerprint density at radius 1 is 1.56 bits per heavy atom. The van der Waals surface area contributed by atoms with Crippen molar-refractivity contribution in [2.75, 3.05) is 13.1 Å². The van der Waals surface area contributed by atoms with Gasteiger partial charge in [0.05, 0.1) is 11.8 Å². The van der Waals surface area contributed by atoms with E-state index in [1.165, 1.54) is 0 Å². The average Bonchev–Trinajstić information content (AvgIpc) is 2.97. The van der Waals surface area contributed by atoms with E-state index in [4.69, 9.17) is 0 Å². The lowest BCUT2D eigenvalue weighted by Gasteiger charge is -2.23. The number of carbonyl (C=O) groups is 2. The molecule has 18 heavy (non-hydrogen) atoms. The summed E-state index contributed by atoms with van der Waals surface area (Å²) in [6, 6.07) is 1.93. The lowest BCUT2D eigenvalue weighted by molar-refractivity contribution is -0.148. The van der Waals surface area contributed by atoms with Crippen molar-refractivity contribution in [3.8, 4) is 0 Å². The summed E-state index contributed by atoms with van der Waals surface area (Å²) in [7, 11) is 0. The minimum atomic E-state index is -0.782. The summed E-state index contributed by atoms with van der Waals surface area (Å²) in [5, 5.41) is 13.2. The number of carboxylic acid groups (broad SMARTS) is 1. The number of aliphatic carboxylic acids is 1. The van der Waals surface area contributed by atoms with Crippen LogP contribution in [-0.2, 0) is 16.0 Å². The summed E-state index contributed by atoms with van der Waals surface area (Å²) >= 11 is 1.57. The third kappa shape index (κ3) is 2.41. The lowest BCUT2D eigenvalue weighted by atomic mass is 9.84. The fourth-order valence-electron chi connectivity index (χ4n) is 2.38. The molecular weight excluding hydrogens is 250 g/mol. The molecule has 0 spiro atoms. The first-order valence-corrected chi connectivity index (χ1v) is 7.04. The lowest BCUT2D eigenvalue weighted by Crippen LogP contribution is -2.37.